The molecule has 5 N–H and O–H groups in total. The first-order chi connectivity index (χ1) is 62.4. The van der Waals surface area contributed by atoms with Crippen molar-refractivity contribution in [3.63, 3.8) is 0 Å². The Balaban J connectivity index is 0.000000113. The zero-order valence-electron chi connectivity index (χ0n) is 69.6. The highest BCUT2D eigenvalue weighted by molar-refractivity contribution is 5.99. The third-order valence-corrected chi connectivity index (χ3v) is 23.1. The summed E-state index contributed by atoms with van der Waals surface area (Å²) in [5.41, 5.74) is 17.5. The molecular weight excluding hydrogens is 1660 g/mol. The lowest BCUT2D eigenvalue weighted by Gasteiger charge is -2.31. The van der Waals surface area contributed by atoms with Crippen LogP contribution < -0.4 is 24.5 Å². The van der Waals surface area contributed by atoms with Gasteiger partial charge in [-0.15, -0.1) is 0 Å². The molecule has 0 bridgehead atoms. The number of para-hydroxylation sites is 1. The Hall–Kier alpha value is -15.5. The van der Waals surface area contributed by atoms with E-state index in [1.807, 2.05) is 43.3 Å². The van der Waals surface area contributed by atoms with Crippen molar-refractivity contribution in [2.24, 2.45) is 0 Å². The van der Waals surface area contributed by atoms with E-state index in [4.69, 9.17) is 29.7 Å². The molecule has 21 rings (SSSR count). The molecule has 32 heteroatoms. The van der Waals surface area contributed by atoms with E-state index in [2.05, 4.69) is 61.6 Å². The van der Waals surface area contributed by atoms with Crippen molar-refractivity contribution >= 4 is 101 Å². The average molecular weight is 1740 g/mol. The summed E-state index contributed by atoms with van der Waals surface area (Å²) in [4.78, 5) is 118. The van der Waals surface area contributed by atoms with Crippen LogP contribution in [0.15, 0.2) is 198 Å². The minimum Gasteiger partial charge on any atom is -0.478 e. The number of carboxylic acid groups (broad SMARTS) is 5. The molecule has 6 aromatic heterocycles. The third-order valence-electron chi connectivity index (χ3n) is 23.1. The quantitative estimate of drug-likeness (QED) is 0.0529. The predicted molar refractivity (Wildman–Crippen MR) is 474 cm³/mol. The Kier molecular flexibility index (Phi) is 24.6. The van der Waals surface area contributed by atoms with Crippen LogP contribution in [0.4, 0.5) is 62.4 Å². The van der Waals surface area contributed by atoms with Crippen LogP contribution in [-0.4, -0.2) is 176 Å². The molecule has 3 aliphatic heterocycles. The fraction of sp³-hybridized carbons (Fsp3) is 0.216. The van der Waals surface area contributed by atoms with Gasteiger partial charge in [-0.3, -0.25) is 4.98 Å². The summed E-state index contributed by atoms with van der Waals surface area (Å²) in [6.45, 7) is 5.15. The summed E-state index contributed by atoms with van der Waals surface area (Å²) in [6, 6.07) is 42.9. The van der Waals surface area contributed by atoms with E-state index in [1.54, 1.807) is 97.4 Å². The second-order valence-electron chi connectivity index (χ2n) is 31.7. The number of pyridine rings is 1. The summed E-state index contributed by atoms with van der Waals surface area (Å²) in [7, 11) is 3.81. The van der Waals surface area contributed by atoms with E-state index >= 15 is 0 Å². The van der Waals surface area contributed by atoms with Crippen molar-refractivity contribution in [1.29, 1.82) is 0 Å². The lowest BCUT2D eigenvalue weighted by molar-refractivity contribution is -0.133. The number of morpholine rings is 1. The zero-order chi connectivity index (χ0) is 89.8. The van der Waals surface area contributed by atoms with Crippen molar-refractivity contribution in [3.05, 3.63) is 290 Å². The number of anilines is 7. The maximum atomic E-state index is 13.5. The van der Waals surface area contributed by atoms with E-state index < -0.39 is 29.8 Å². The third kappa shape index (κ3) is 18.9. The molecule has 0 atom stereocenters. The number of halogens is 5. The van der Waals surface area contributed by atoms with Crippen LogP contribution in [0.3, 0.4) is 0 Å². The number of nitrogens with zero attached hydrogens (tertiary/aromatic N) is 16. The van der Waals surface area contributed by atoms with Crippen LogP contribution in [0.25, 0.3) is 86.7 Å². The highest BCUT2D eigenvalue weighted by Gasteiger charge is 2.35. The number of carboxylic acids is 5. The van der Waals surface area contributed by atoms with Gasteiger partial charge >= 0.3 is 29.8 Å². The standard InChI is InChI=1S/C23H18FN3O2.C20H15FN4O2.C18H16FN3O3.2C18H16FN3O2/c24-17-9-7-15(8-10-17)21-22(26-19-13-16(23(28)29)12-18(19)25-21)27-11-3-5-14-4-1-2-6-20(14)27;1-25(15-3-2-8-22-11-15)19-18(12-4-6-14(21)7-5-12)23-16-9-13(20(26)27)10-17(16)24-19;19-13-3-1-11(2-4-13)16-17(22-5-7-25-8-6-22)21-15-10-12(18(23)24)9-14(15)20-16;1-22(13-6-7-13)17-16(10-2-4-12(19)5-3-10)20-14-8-11(18(23)24)9-15(14)21-17;19-13-5-3-11(4-6-13)16-17(22-7-1-2-8-22)21-15-10-12(18(23)24)9-14(15)20-16/h1-2,4,6-10,12H,3,5,11,13H2,(H,28,29);2-9,11H,10H2,1H3,(H,26,27);1-4,9H,5-8,10H2,(H,23,24);2-5,8,13H,6-7,9H2,1H3,(H,23,24);3-6,9H,1-2,7-8,10H2,(H,23,24). The summed E-state index contributed by atoms with van der Waals surface area (Å²) in [5.74, 6) is -2.99. The highest BCUT2D eigenvalue weighted by atomic mass is 19.1. The first-order valence-corrected chi connectivity index (χ1v) is 41.7. The minimum absolute atomic E-state index is 0.218. The Morgan fingerprint density at radius 1 is 0.372 bits per heavy atom. The number of aliphatic carboxylic acids is 5. The molecule has 2 saturated heterocycles. The summed E-state index contributed by atoms with van der Waals surface area (Å²) >= 11 is 0. The van der Waals surface area contributed by atoms with Crippen molar-refractivity contribution in [2.75, 3.05) is 84.5 Å². The van der Waals surface area contributed by atoms with Crippen LogP contribution in [0.2, 0.25) is 0 Å². The number of aromatic nitrogens is 11. The molecule has 650 valence electrons. The number of hydrogen-bond donors (Lipinski definition) is 5. The van der Waals surface area contributed by atoms with Crippen LogP contribution in [0.1, 0.15) is 94.6 Å². The molecule has 12 aromatic rings. The summed E-state index contributed by atoms with van der Waals surface area (Å²) in [5, 5.41) is 46.3. The number of rotatable bonds is 17. The minimum atomic E-state index is -0.986. The fourth-order valence-electron chi connectivity index (χ4n) is 16.1. The molecular formula is C97H81F5N16O11. The lowest BCUT2D eigenvalue weighted by Crippen LogP contribution is -2.37. The number of benzene rings is 6. The Morgan fingerprint density at radius 3 is 1.09 bits per heavy atom. The molecule has 6 aromatic carbocycles. The summed E-state index contributed by atoms with van der Waals surface area (Å²) in [6.07, 6.45) is 18.9. The van der Waals surface area contributed by atoms with Crippen LogP contribution in [-0.2, 0) is 67.2 Å². The number of aryl methyl sites for hydroxylation is 1. The van der Waals surface area contributed by atoms with Gasteiger partial charge in [-0.25, -0.2) is 95.8 Å². The number of ether oxygens (including phenoxy) is 1. The first-order valence-electron chi connectivity index (χ1n) is 41.7. The van der Waals surface area contributed by atoms with Crippen LogP contribution in [0, 0.1) is 29.1 Å². The van der Waals surface area contributed by atoms with Crippen LogP contribution >= 0.6 is 0 Å². The molecule has 0 unspecified atom stereocenters. The summed E-state index contributed by atoms with van der Waals surface area (Å²) < 4.78 is 72.0. The van der Waals surface area contributed by atoms with Crippen molar-refractivity contribution < 1.29 is 76.2 Å². The predicted octanol–water partition coefficient (Wildman–Crippen LogP) is 15.8. The van der Waals surface area contributed by atoms with Gasteiger partial charge in [0.15, 0.2) is 29.1 Å². The first kappa shape index (κ1) is 85.7. The van der Waals surface area contributed by atoms with Gasteiger partial charge in [-0.05, 0) is 214 Å². The van der Waals surface area contributed by atoms with E-state index in [9.17, 15) is 71.5 Å². The van der Waals surface area contributed by atoms with E-state index in [0.29, 0.717) is 158 Å². The van der Waals surface area contributed by atoms with E-state index in [-0.39, 0.29) is 71.5 Å². The topological polar surface area (TPSA) is 354 Å². The SMILES string of the molecule is CN(c1cccnc1)c1nc2c(nc1-c1ccc(F)cc1)C=C(C(=O)O)C2.CN(c1nc2c(nc1-c1ccc(F)cc1)C=C(C(=O)O)C2)C1CC1.O=C(O)C1=Cc2nc(-c3ccc(F)cc3)c(N3CCCC3)nc2C1.O=C(O)C1=Cc2nc(-c3ccc(F)cc3)c(N3CCCc4ccccc43)nc2C1.O=C(O)C1=Cc2nc(-c3ccc(F)cc3)c(N3CCOCC3)nc2C1. The molecule has 0 amide bonds. The molecule has 9 aliphatic rings. The molecule has 129 heavy (non-hydrogen) atoms. The number of carbonyl (C=O) groups is 5. The second-order valence-corrected chi connectivity index (χ2v) is 31.7. The van der Waals surface area contributed by atoms with Crippen molar-refractivity contribution in [2.45, 2.75) is 76.7 Å². The Labute approximate surface area is 735 Å². The average Bonchev–Trinajstić information content (AvgIpc) is 1.72. The molecule has 1 saturated carbocycles. The molecule has 0 spiro atoms. The number of fused-ring (bicyclic) bond motifs is 6. The van der Waals surface area contributed by atoms with E-state index in [1.165, 1.54) is 72.3 Å². The lowest BCUT2D eigenvalue weighted by atomic mass is 10.0. The highest BCUT2D eigenvalue weighted by Crippen LogP contribution is 2.44. The zero-order valence-corrected chi connectivity index (χ0v) is 69.6. The van der Waals surface area contributed by atoms with Gasteiger partial charge in [-0.2, -0.15) is 0 Å². The van der Waals surface area contributed by atoms with Gasteiger partial charge in [0, 0.05) is 153 Å². The molecule has 3 fully saturated rings. The van der Waals surface area contributed by atoms with E-state index in [0.717, 1.165) is 103 Å². The largest absolute Gasteiger partial charge is 0.478 e. The van der Waals surface area contributed by atoms with Gasteiger partial charge in [0.25, 0.3) is 0 Å². The van der Waals surface area contributed by atoms with Crippen molar-refractivity contribution in [1.82, 2.24) is 54.8 Å². The van der Waals surface area contributed by atoms with Gasteiger partial charge < -0.3 is 54.8 Å². The maximum absolute atomic E-state index is 13.5. The smallest absolute Gasteiger partial charge is 0.332 e. The Morgan fingerprint density at radius 2 is 0.713 bits per heavy atom. The maximum Gasteiger partial charge on any atom is 0.332 e. The number of hydrogen-bond acceptors (Lipinski definition) is 22. The van der Waals surface area contributed by atoms with Gasteiger partial charge in [0.05, 0.1) is 82.0 Å². The van der Waals surface area contributed by atoms with Gasteiger partial charge in [-0.1, -0.05) is 18.2 Å². The van der Waals surface area contributed by atoms with Crippen molar-refractivity contribution in [3.8, 4) is 56.3 Å². The van der Waals surface area contributed by atoms with Gasteiger partial charge in [0.1, 0.15) is 57.6 Å². The normalized spacial score (nSPS) is 15.1. The molecule has 9 heterocycles. The fourth-order valence-corrected chi connectivity index (χ4v) is 16.1. The Bertz CT molecular complexity index is 6460. The van der Waals surface area contributed by atoms with Crippen LogP contribution in [0.5, 0.6) is 0 Å². The van der Waals surface area contributed by atoms with Gasteiger partial charge in [0.2, 0.25) is 0 Å². The monoisotopic (exact) mass is 1740 g/mol. The molecule has 6 aliphatic carbocycles. The second kappa shape index (κ2) is 37.0. The molecule has 0 radical (unpaired) electrons. The molecule has 27 nitrogen and oxygen atoms in total.